The van der Waals surface area contributed by atoms with Crippen LogP contribution in [0, 0.1) is 5.92 Å². The lowest BCUT2D eigenvalue weighted by molar-refractivity contribution is 0.0423. The average molecular weight is 210 g/mol. The van der Waals surface area contributed by atoms with E-state index in [4.69, 9.17) is 15.0 Å². The van der Waals surface area contributed by atoms with Crippen molar-refractivity contribution in [2.75, 3.05) is 18.9 Å². The number of nitrogen functional groups attached to an aromatic ring is 1. The molecule has 2 N–H and O–H groups in total. The summed E-state index contributed by atoms with van der Waals surface area (Å²) in [6, 6.07) is 1.83. The molecule has 0 unspecified atom stereocenters. The van der Waals surface area contributed by atoms with Crippen LogP contribution in [0.25, 0.3) is 0 Å². The van der Waals surface area contributed by atoms with Crippen molar-refractivity contribution in [3.63, 3.8) is 0 Å². The minimum Gasteiger partial charge on any atom is -0.381 e. The molecule has 15 heavy (non-hydrogen) atoms. The van der Waals surface area contributed by atoms with Crippen molar-refractivity contribution >= 4 is 5.88 Å². The third-order valence-electron chi connectivity index (χ3n) is 3.43. The first kappa shape index (κ1) is 10.5. The maximum atomic E-state index is 5.55. The Hall–Kier alpha value is -1.03. The minimum atomic E-state index is 0.0188. The molecule has 1 aromatic heterocycles. The molecule has 0 amide bonds. The van der Waals surface area contributed by atoms with Crippen LogP contribution in [-0.2, 0) is 10.2 Å². The van der Waals surface area contributed by atoms with Crippen molar-refractivity contribution in [3.8, 4) is 0 Å². The van der Waals surface area contributed by atoms with Crippen LogP contribution < -0.4 is 5.73 Å². The SMILES string of the molecule is CC(C)(c1cc(N)on1)C1CCOCC1. The van der Waals surface area contributed by atoms with Crippen LogP contribution in [0.5, 0.6) is 0 Å². The summed E-state index contributed by atoms with van der Waals surface area (Å²) in [5, 5.41) is 4.02. The van der Waals surface area contributed by atoms with E-state index >= 15 is 0 Å². The fraction of sp³-hybridized carbons (Fsp3) is 0.727. The highest BCUT2D eigenvalue weighted by atomic mass is 16.5. The Morgan fingerprint density at radius 1 is 1.40 bits per heavy atom. The van der Waals surface area contributed by atoms with Gasteiger partial charge in [-0.1, -0.05) is 19.0 Å². The first-order chi connectivity index (χ1) is 7.10. The van der Waals surface area contributed by atoms with E-state index in [2.05, 4.69) is 19.0 Å². The lowest BCUT2D eigenvalue weighted by atomic mass is 9.72. The topological polar surface area (TPSA) is 61.3 Å². The molecule has 0 saturated carbocycles. The summed E-state index contributed by atoms with van der Waals surface area (Å²) in [7, 11) is 0. The zero-order valence-corrected chi connectivity index (χ0v) is 9.32. The highest BCUT2D eigenvalue weighted by Crippen LogP contribution is 2.37. The molecule has 0 atom stereocenters. The second kappa shape index (κ2) is 3.85. The van der Waals surface area contributed by atoms with Crippen LogP contribution >= 0.6 is 0 Å². The molecule has 0 spiro atoms. The summed E-state index contributed by atoms with van der Waals surface area (Å²) in [6.07, 6.45) is 2.17. The average Bonchev–Trinajstić information content (AvgIpc) is 2.67. The molecule has 2 heterocycles. The lowest BCUT2D eigenvalue weighted by Gasteiger charge is -2.35. The van der Waals surface area contributed by atoms with E-state index in [9.17, 15) is 0 Å². The van der Waals surface area contributed by atoms with Gasteiger partial charge in [0.25, 0.3) is 0 Å². The smallest absolute Gasteiger partial charge is 0.222 e. The van der Waals surface area contributed by atoms with Crippen LogP contribution in [0.2, 0.25) is 0 Å². The normalized spacial score (nSPS) is 19.3. The van der Waals surface area contributed by atoms with E-state index in [0.717, 1.165) is 31.7 Å². The Balaban J connectivity index is 2.17. The molecule has 84 valence electrons. The van der Waals surface area contributed by atoms with E-state index in [-0.39, 0.29) is 5.41 Å². The Labute approximate surface area is 89.8 Å². The molecule has 1 aliphatic rings. The fourth-order valence-corrected chi connectivity index (χ4v) is 2.22. The van der Waals surface area contributed by atoms with Gasteiger partial charge in [0.2, 0.25) is 5.88 Å². The van der Waals surface area contributed by atoms with Gasteiger partial charge in [-0.25, -0.2) is 0 Å². The molecule has 2 rings (SSSR count). The second-order valence-corrected chi connectivity index (χ2v) is 4.72. The number of anilines is 1. The number of hydrogen-bond acceptors (Lipinski definition) is 4. The third kappa shape index (κ3) is 2.00. The largest absolute Gasteiger partial charge is 0.381 e. The van der Waals surface area contributed by atoms with E-state index in [1.807, 2.05) is 6.07 Å². The van der Waals surface area contributed by atoms with Crippen molar-refractivity contribution < 1.29 is 9.26 Å². The maximum Gasteiger partial charge on any atom is 0.222 e. The Kier molecular flexibility index (Phi) is 2.69. The zero-order valence-electron chi connectivity index (χ0n) is 9.32. The summed E-state index contributed by atoms with van der Waals surface area (Å²) in [4.78, 5) is 0. The molecular weight excluding hydrogens is 192 g/mol. The number of ether oxygens (including phenoxy) is 1. The minimum absolute atomic E-state index is 0.0188. The van der Waals surface area contributed by atoms with Gasteiger partial charge in [0.15, 0.2) is 0 Å². The Morgan fingerprint density at radius 2 is 2.07 bits per heavy atom. The van der Waals surface area contributed by atoms with Gasteiger partial charge in [0, 0.05) is 24.7 Å². The number of nitrogens with zero attached hydrogens (tertiary/aromatic N) is 1. The summed E-state index contributed by atoms with van der Waals surface area (Å²) >= 11 is 0. The van der Waals surface area contributed by atoms with E-state index in [1.54, 1.807) is 0 Å². The van der Waals surface area contributed by atoms with Crippen molar-refractivity contribution in [3.05, 3.63) is 11.8 Å². The number of hydrogen-bond donors (Lipinski definition) is 1. The molecular formula is C11H18N2O2. The second-order valence-electron chi connectivity index (χ2n) is 4.72. The molecule has 4 nitrogen and oxygen atoms in total. The monoisotopic (exact) mass is 210 g/mol. The van der Waals surface area contributed by atoms with Gasteiger partial charge in [-0.15, -0.1) is 0 Å². The van der Waals surface area contributed by atoms with Crippen LogP contribution in [0.4, 0.5) is 5.88 Å². The van der Waals surface area contributed by atoms with Crippen LogP contribution in [0.1, 0.15) is 32.4 Å². The van der Waals surface area contributed by atoms with Crippen molar-refractivity contribution in [1.29, 1.82) is 0 Å². The van der Waals surface area contributed by atoms with Crippen molar-refractivity contribution in [2.45, 2.75) is 32.1 Å². The number of nitrogens with two attached hydrogens (primary N) is 1. The van der Waals surface area contributed by atoms with Gasteiger partial charge in [0.05, 0.1) is 5.69 Å². The maximum absolute atomic E-state index is 5.55. The predicted octanol–water partition coefficient (Wildman–Crippen LogP) is 1.96. The van der Waals surface area contributed by atoms with Crippen LogP contribution in [0.3, 0.4) is 0 Å². The number of rotatable bonds is 2. The molecule has 1 aliphatic heterocycles. The zero-order chi connectivity index (χ0) is 10.9. The first-order valence-electron chi connectivity index (χ1n) is 5.41. The van der Waals surface area contributed by atoms with Crippen LogP contribution in [-0.4, -0.2) is 18.4 Å². The third-order valence-corrected chi connectivity index (χ3v) is 3.43. The molecule has 1 aromatic rings. The number of aromatic nitrogens is 1. The fourth-order valence-electron chi connectivity index (χ4n) is 2.22. The Bertz CT molecular complexity index is 327. The van der Waals surface area contributed by atoms with Gasteiger partial charge < -0.3 is 15.0 Å². The molecule has 0 bridgehead atoms. The first-order valence-corrected chi connectivity index (χ1v) is 5.41. The van der Waals surface area contributed by atoms with E-state index in [0.29, 0.717) is 11.8 Å². The van der Waals surface area contributed by atoms with Crippen LogP contribution in [0.15, 0.2) is 10.6 Å². The van der Waals surface area contributed by atoms with Crippen molar-refractivity contribution in [1.82, 2.24) is 5.16 Å². The van der Waals surface area contributed by atoms with E-state index < -0.39 is 0 Å². The van der Waals surface area contributed by atoms with Gasteiger partial charge >= 0.3 is 0 Å². The summed E-state index contributed by atoms with van der Waals surface area (Å²) in [5.74, 6) is 0.987. The lowest BCUT2D eigenvalue weighted by Crippen LogP contribution is -2.33. The standard InChI is InChI=1S/C11H18N2O2/c1-11(2,8-3-5-14-6-4-8)9-7-10(12)15-13-9/h7-8H,3-6,12H2,1-2H3. The Morgan fingerprint density at radius 3 is 2.60 bits per heavy atom. The molecule has 0 aliphatic carbocycles. The van der Waals surface area contributed by atoms with Crippen molar-refractivity contribution in [2.24, 2.45) is 5.92 Å². The molecule has 0 radical (unpaired) electrons. The van der Waals surface area contributed by atoms with Gasteiger partial charge in [-0.3, -0.25) is 0 Å². The van der Waals surface area contributed by atoms with Gasteiger partial charge in [-0.2, -0.15) is 0 Å². The van der Waals surface area contributed by atoms with Gasteiger partial charge in [-0.05, 0) is 18.8 Å². The summed E-state index contributed by atoms with van der Waals surface area (Å²) in [5.41, 5.74) is 6.52. The van der Waals surface area contributed by atoms with Gasteiger partial charge in [0.1, 0.15) is 0 Å². The highest BCUT2D eigenvalue weighted by molar-refractivity contribution is 5.29. The molecule has 1 saturated heterocycles. The molecule has 1 fully saturated rings. The summed E-state index contributed by atoms with van der Waals surface area (Å²) in [6.45, 7) is 6.09. The molecule has 0 aromatic carbocycles. The predicted molar refractivity (Wildman–Crippen MR) is 57.5 cm³/mol. The summed E-state index contributed by atoms with van der Waals surface area (Å²) < 4.78 is 10.3. The van der Waals surface area contributed by atoms with E-state index in [1.165, 1.54) is 0 Å². The quantitative estimate of drug-likeness (QED) is 0.810. The molecule has 4 heteroatoms. The highest BCUT2D eigenvalue weighted by Gasteiger charge is 2.35.